The number of halogens is 1. The third-order valence-corrected chi connectivity index (χ3v) is 2.31. The van der Waals surface area contributed by atoms with Crippen LogP contribution in [0.15, 0.2) is 12.3 Å². The molecule has 2 N–H and O–H groups in total. The third kappa shape index (κ3) is 2.19. The molecule has 0 atom stereocenters. The number of aromatic nitrogens is 1. The van der Waals surface area contributed by atoms with Crippen molar-refractivity contribution in [2.24, 2.45) is 5.73 Å². The number of nitrogens with two attached hydrogens (primary N) is 1. The van der Waals surface area contributed by atoms with Crippen LogP contribution in [0.5, 0.6) is 0 Å². The molecule has 66 valence electrons. The van der Waals surface area contributed by atoms with Crippen molar-refractivity contribution in [1.82, 2.24) is 4.98 Å². The van der Waals surface area contributed by atoms with E-state index in [9.17, 15) is 0 Å². The number of hydrogen-bond acceptors (Lipinski definition) is 2. The van der Waals surface area contributed by atoms with Crippen LogP contribution in [0.25, 0.3) is 0 Å². The summed E-state index contributed by atoms with van der Waals surface area (Å²) in [6.45, 7) is 2.62. The molecule has 0 unspecified atom stereocenters. The number of rotatable bonds is 3. The second-order valence-corrected chi connectivity index (χ2v) is 3.14. The zero-order chi connectivity index (χ0) is 8.97. The summed E-state index contributed by atoms with van der Waals surface area (Å²) < 4.78 is 0. The largest absolute Gasteiger partial charge is 0.330 e. The average molecular weight is 185 g/mol. The normalized spacial score (nSPS) is 10.2. The van der Waals surface area contributed by atoms with Gasteiger partial charge in [0.05, 0.1) is 10.7 Å². The van der Waals surface area contributed by atoms with Crippen molar-refractivity contribution in [3.63, 3.8) is 0 Å². The topological polar surface area (TPSA) is 38.9 Å². The molecule has 0 aromatic carbocycles. The molecule has 0 saturated carbocycles. The van der Waals surface area contributed by atoms with Gasteiger partial charge in [0.15, 0.2) is 0 Å². The fraction of sp³-hybridized carbons (Fsp3) is 0.444. The lowest BCUT2D eigenvalue weighted by Crippen LogP contribution is -2.01. The van der Waals surface area contributed by atoms with Gasteiger partial charge in [0.1, 0.15) is 0 Å². The highest BCUT2D eigenvalue weighted by Gasteiger charge is 2.02. The Morgan fingerprint density at radius 1 is 1.58 bits per heavy atom. The van der Waals surface area contributed by atoms with Crippen LogP contribution < -0.4 is 5.73 Å². The predicted octanol–water partition coefficient (Wildman–Crippen LogP) is 1.93. The monoisotopic (exact) mass is 184 g/mol. The summed E-state index contributed by atoms with van der Waals surface area (Å²) in [7, 11) is 0. The van der Waals surface area contributed by atoms with Crippen LogP contribution in [-0.2, 0) is 6.42 Å². The maximum absolute atomic E-state index is 6.03. The highest BCUT2D eigenvalue weighted by Crippen LogP contribution is 2.19. The van der Waals surface area contributed by atoms with Crippen LogP contribution in [0, 0.1) is 6.92 Å². The van der Waals surface area contributed by atoms with E-state index in [4.69, 9.17) is 17.3 Å². The lowest BCUT2D eigenvalue weighted by molar-refractivity contribution is 0.829. The summed E-state index contributed by atoms with van der Waals surface area (Å²) in [5.41, 5.74) is 7.45. The summed E-state index contributed by atoms with van der Waals surface area (Å²) in [5.74, 6) is 0. The quantitative estimate of drug-likeness (QED) is 0.780. The number of aryl methyl sites for hydroxylation is 2. The summed E-state index contributed by atoms with van der Waals surface area (Å²) in [4.78, 5) is 4.08. The highest BCUT2D eigenvalue weighted by atomic mass is 35.5. The molecule has 0 fully saturated rings. The molecule has 1 rings (SSSR count). The first kappa shape index (κ1) is 9.49. The summed E-state index contributed by atoms with van der Waals surface area (Å²) >= 11 is 6.03. The van der Waals surface area contributed by atoms with Gasteiger partial charge >= 0.3 is 0 Å². The molecule has 1 heterocycles. The fourth-order valence-electron chi connectivity index (χ4n) is 1.09. The molecule has 12 heavy (non-hydrogen) atoms. The van der Waals surface area contributed by atoms with Crippen LogP contribution in [0.1, 0.15) is 17.7 Å². The van der Waals surface area contributed by atoms with E-state index in [1.165, 1.54) is 0 Å². The Morgan fingerprint density at radius 3 is 3.00 bits per heavy atom. The molecule has 0 saturated heterocycles. The molecule has 0 radical (unpaired) electrons. The lowest BCUT2D eigenvalue weighted by atomic mass is 10.1. The highest BCUT2D eigenvalue weighted by molar-refractivity contribution is 6.31. The minimum absolute atomic E-state index is 0.706. The fourth-order valence-corrected chi connectivity index (χ4v) is 1.29. The van der Waals surface area contributed by atoms with E-state index < -0.39 is 0 Å². The molecule has 1 aromatic rings. The van der Waals surface area contributed by atoms with Crippen LogP contribution in [0.2, 0.25) is 5.02 Å². The molecule has 0 spiro atoms. The Hall–Kier alpha value is -0.600. The summed E-state index contributed by atoms with van der Waals surface area (Å²) in [6, 6.07) is 1.95. The van der Waals surface area contributed by atoms with Gasteiger partial charge in [-0.15, -0.1) is 0 Å². The van der Waals surface area contributed by atoms with E-state index in [0.717, 1.165) is 29.1 Å². The molecule has 0 aliphatic carbocycles. The van der Waals surface area contributed by atoms with E-state index in [-0.39, 0.29) is 0 Å². The molecule has 0 aliphatic heterocycles. The van der Waals surface area contributed by atoms with Gasteiger partial charge in [-0.05, 0) is 37.9 Å². The smallest absolute Gasteiger partial charge is 0.0650 e. The van der Waals surface area contributed by atoms with Gasteiger partial charge in [0.25, 0.3) is 0 Å². The minimum Gasteiger partial charge on any atom is -0.330 e. The molecule has 0 bridgehead atoms. The first-order valence-corrected chi connectivity index (χ1v) is 4.43. The molecular weight excluding hydrogens is 172 g/mol. The maximum atomic E-state index is 6.03. The van der Waals surface area contributed by atoms with Crippen molar-refractivity contribution in [2.75, 3.05) is 6.54 Å². The predicted molar refractivity (Wildman–Crippen MR) is 51.4 cm³/mol. The van der Waals surface area contributed by atoms with Gasteiger partial charge < -0.3 is 5.73 Å². The maximum Gasteiger partial charge on any atom is 0.0650 e. The van der Waals surface area contributed by atoms with Crippen LogP contribution in [-0.4, -0.2) is 11.5 Å². The Labute approximate surface area is 77.8 Å². The van der Waals surface area contributed by atoms with Gasteiger partial charge in [0, 0.05) is 6.20 Å². The van der Waals surface area contributed by atoms with Crippen molar-refractivity contribution < 1.29 is 0 Å². The van der Waals surface area contributed by atoms with E-state index in [0.29, 0.717) is 6.54 Å². The molecule has 3 heteroatoms. The molecule has 0 amide bonds. The van der Waals surface area contributed by atoms with Gasteiger partial charge in [-0.1, -0.05) is 11.6 Å². The lowest BCUT2D eigenvalue weighted by Gasteiger charge is -2.04. The Bertz CT molecular complexity index is 261. The van der Waals surface area contributed by atoms with E-state index in [1.807, 2.05) is 13.0 Å². The first-order chi connectivity index (χ1) is 5.75. The van der Waals surface area contributed by atoms with Crippen LogP contribution in [0.3, 0.4) is 0 Å². The van der Waals surface area contributed by atoms with E-state index >= 15 is 0 Å². The van der Waals surface area contributed by atoms with Crippen LogP contribution >= 0.6 is 11.6 Å². The average Bonchev–Trinajstić information content (AvgIpc) is 2.08. The second kappa shape index (κ2) is 4.43. The van der Waals surface area contributed by atoms with Crippen molar-refractivity contribution in [1.29, 1.82) is 0 Å². The molecule has 0 aliphatic rings. The Kier molecular flexibility index (Phi) is 3.50. The first-order valence-electron chi connectivity index (χ1n) is 4.05. The van der Waals surface area contributed by atoms with E-state index in [1.54, 1.807) is 6.20 Å². The zero-order valence-electron chi connectivity index (χ0n) is 7.18. The van der Waals surface area contributed by atoms with Gasteiger partial charge in [0.2, 0.25) is 0 Å². The zero-order valence-corrected chi connectivity index (χ0v) is 7.93. The van der Waals surface area contributed by atoms with Gasteiger partial charge in [-0.2, -0.15) is 0 Å². The van der Waals surface area contributed by atoms with Crippen molar-refractivity contribution in [2.45, 2.75) is 19.8 Å². The molecule has 2 nitrogen and oxygen atoms in total. The van der Waals surface area contributed by atoms with Crippen LogP contribution in [0.4, 0.5) is 0 Å². The minimum atomic E-state index is 0.706. The van der Waals surface area contributed by atoms with Crippen molar-refractivity contribution in [3.05, 3.63) is 28.5 Å². The summed E-state index contributed by atoms with van der Waals surface area (Å²) in [5, 5.41) is 0.783. The van der Waals surface area contributed by atoms with Crippen molar-refractivity contribution in [3.8, 4) is 0 Å². The third-order valence-electron chi connectivity index (χ3n) is 1.79. The Balaban J connectivity index is 2.78. The van der Waals surface area contributed by atoms with E-state index in [2.05, 4.69) is 4.98 Å². The molecular formula is C9H13ClN2. The summed E-state index contributed by atoms with van der Waals surface area (Å²) in [6.07, 6.45) is 3.70. The van der Waals surface area contributed by atoms with Crippen molar-refractivity contribution >= 4 is 11.6 Å². The number of nitrogens with zero attached hydrogens (tertiary/aromatic N) is 1. The second-order valence-electron chi connectivity index (χ2n) is 2.76. The van der Waals surface area contributed by atoms with Gasteiger partial charge in [-0.25, -0.2) is 0 Å². The SMILES string of the molecule is Cc1nccc(CCCN)c1Cl. The Morgan fingerprint density at radius 2 is 2.33 bits per heavy atom. The number of pyridine rings is 1. The molecule has 1 aromatic heterocycles. The standard InChI is InChI=1S/C9H13ClN2/c1-7-9(10)8(3-2-5-11)4-6-12-7/h4,6H,2-3,5,11H2,1H3. The van der Waals surface area contributed by atoms with Gasteiger partial charge in [-0.3, -0.25) is 4.98 Å². The number of hydrogen-bond donors (Lipinski definition) is 1.